The molecule has 3 amide bonds. The van der Waals surface area contributed by atoms with Crippen LogP contribution in [0, 0.1) is 0 Å². The van der Waals surface area contributed by atoms with E-state index in [1.807, 2.05) is 0 Å². The van der Waals surface area contributed by atoms with Crippen molar-refractivity contribution in [3.05, 3.63) is 0 Å². The second-order valence-electron chi connectivity index (χ2n) is 4.40. The summed E-state index contributed by atoms with van der Waals surface area (Å²) in [6.07, 6.45) is 3.43. The summed E-state index contributed by atoms with van der Waals surface area (Å²) < 4.78 is 0. The molecule has 0 aromatic heterocycles. The summed E-state index contributed by atoms with van der Waals surface area (Å²) in [5.74, 6) is 0.306. The van der Waals surface area contributed by atoms with Gasteiger partial charge >= 0.3 is 0 Å². The lowest BCUT2D eigenvalue weighted by Crippen LogP contribution is -2.49. The number of rotatable bonds is 10. The first kappa shape index (κ1) is 23.3. The zero-order valence-electron chi connectivity index (χ0n) is 13.0. The van der Waals surface area contributed by atoms with Crippen molar-refractivity contribution in [2.24, 2.45) is 11.5 Å². The second kappa shape index (κ2) is 16.4. The lowest BCUT2D eigenvalue weighted by Gasteiger charge is -2.15. The Balaban J connectivity index is 0. The zero-order valence-corrected chi connectivity index (χ0v) is 14.8. The van der Waals surface area contributed by atoms with E-state index in [4.69, 9.17) is 5.73 Å². The monoisotopic (exact) mass is 352 g/mol. The normalized spacial score (nSPS) is 10.9. The molecule has 0 aliphatic rings. The van der Waals surface area contributed by atoms with Gasteiger partial charge in [0.1, 0.15) is 6.04 Å². The number of hydrogen-bond donors (Lipinski definition) is 6. The summed E-state index contributed by atoms with van der Waals surface area (Å²) in [4.78, 5) is 32.3. The molecule has 0 aliphatic heterocycles. The largest absolute Gasteiger partial charge is 0.370 e. The van der Waals surface area contributed by atoms with Crippen molar-refractivity contribution in [1.29, 1.82) is 0 Å². The third kappa shape index (κ3) is 15.5. The minimum absolute atomic E-state index is 0.125. The van der Waals surface area contributed by atoms with Crippen molar-refractivity contribution in [2.75, 3.05) is 24.6 Å². The summed E-state index contributed by atoms with van der Waals surface area (Å²) in [6, 6.07) is -0.612. The Hall–Kier alpha value is -0.930. The van der Waals surface area contributed by atoms with Gasteiger partial charge in [-0.1, -0.05) is 13.3 Å². The molecule has 1 unspecified atom stereocenters. The molecule has 7 nitrogen and oxygen atoms in total. The lowest BCUT2D eigenvalue weighted by atomic mass is 10.2. The number of nitrogens with two attached hydrogens (primary N) is 2. The number of unbranched alkanes of at least 4 members (excludes halogenated alkanes) is 2. The van der Waals surface area contributed by atoms with Crippen LogP contribution in [0.25, 0.3) is 0 Å². The molecule has 0 saturated carbocycles. The second-order valence-corrected chi connectivity index (χ2v) is 5.21. The lowest BCUT2D eigenvalue weighted by molar-refractivity contribution is -0.127. The quantitative estimate of drug-likeness (QED) is 0.233. The maximum absolute atomic E-state index is 11.6. The highest BCUT2D eigenvalue weighted by atomic mass is 32.1. The maximum atomic E-state index is 11.6. The summed E-state index contributed by atoms with van der Waals surface area (Å²) in [5, 5.41) is 5.26. The van der Waals surface area contributed by atoms with Crippen molar-refractivity contribution < 1.29 is 14.4 Å². The third-order valence-corrected chi connectivity index (χ3v) is 3.18. The van der Waals surface area contributed by atoms with Gasteiger partial charge in [0.05, 0.1) is 6.54 Å². The van der Waals surface area contributed by atoms with Gasteiger partial charge in [-0.15, -0.1) is 0 Å². The highest BCUT2D eigenvalue weighted by Gasteiger charge is 2.17. The Bertz CT molecular complexity index is 330. The summed E-state index contributed by atoms with van der Waals surface area (Å²) in [7, 11) is 0. The Morgan fingerprint density at radius 2 is 1.73 bits per heavy atom. The SMILES string of the molecule is CCC(N)=O.NCC(=O)NC(CS)C(=O)NCCCCCS. The van der Waals surface area contributed by atoms with Gasteiger partial charge in [0, 0.05) is 18.7 Å². The van der Waals surface area contributed by atoms with Crippen LogP contribution in [0.1, 0.15) is 32.6 Å². The van der Waals surface area contributed by atoms with Crippen LogP contribution in [0.15, 0.2) is 0 Å². The molecule has 0 bridgehead atoms. The van der Waals surface area contributed by atoms with Crippen molar-refractivity contribution in [1.82, 2.24) is 10.6 Å². The van der Waals surface area contributed by atoms with Crippen LogP contribution in [-0.2, 0) is 14.4 Å². The first-order valence-corrected chi connectivity index (χ1v) is 8.46. The van der Waals surface area contributed by atoms with E-state index in [0.29, 0.717) is 13.0 Å². The molecular formula is C13H28N4O3S2. The first-order chi connectivity index (χ1) is 10.4. The van der Waals surface area contributed by atoms with Gasteiger partial charge < -0.3 is 22.1 Å². The molecule has 130 valence electrons. The molecule has 0 heterocycles. The summed E-state index contributed by atoms with van der Waals surface area (Å²) >= 11 is 8.12. The fourth-order valence-corrected chi connectivity index (χ4v) is 1.68. The van der Waals surface area contributed by atoms with E-state index >= 15 is 0 Å². The van der Waals surface area contributed by atoms with Gasteiger partial charge in [-0.05, 0) is 18.6 Å². The van der Waals surface area contributed by atoms with Crippen molar-refractivity contribution in [3.8, 4) is 0 Å². The predicted molar refractivity (Wildman–Crippen MR) is 95.0 cm³/mol. The van der Waals surface area contributed by atoms with Crippen LogP contribution in [0.4, 0.5) is 0 Å². The minimum atomic E-state index is -0.612. The number of carbonyl (C=O) groups excluding carboxylic acids is 3. The topological polar surface area (TPSA) is 127 Å². The van der Waals surface area contributed by atoms with Gasteiger partial charge in [0.15, 0.2) is 0 Å². The van der Waals surface area contributed by atoms with E-state index in [1.54, 1.807) is 6.92 Å². The molecule has 0 radical (unpaired) electrons. The van der Waals surface area contributed by atoms with E-state index in [9.17, 15) is 14.4 Å². The Morgan fingerprint density at radius 3 is 2.14 bits per heavy atom. The van der Waals surface area contributed by atoms with E-state index in [1.165, 1.54) is 0 Å². The van der Waals surface area contributed by atoms with E-state index in [0.717, 1.165) is 25.0 Å². The average molecular weight is 353 g/mol. The molecule has 0 spiro atoms. The van der Waals surface area contributed by atoms with Gasteiger partial charge in [0.2, 0.25) is 17.7 Å². The van der Waals surface area contributed by atoms with Crippen LogP contribution < -0.4 is 22.1 Å². The molecule has 0 aromatic rings. The van der Waals surface area contributed by atoms with Crippen molar-refractivity contribution in [3.63, 3.8) is 0 Å². The minimum Gasteiger partial charge on any atom is -0.370 e. The number of nitrogens with one attached hydrogen (secondary N) is 2. The predicted octanol–water partition coefficient (Wildman–Crippen LogP) is -0.542. The molecular weight excluding hydrogens is 324 g/mol. The average Bonchev–Trinajstić information content (AvgIpc) is 2.52. The Morgan fingerprint density at radius 1 is 1.14 bits per heavy atom. The first-order valence-electron chi connectivity index (χ1n) is 7.20. The van der Waals surface area contributed by atoms with Crippen LogP contribution in [0.2, 0.25) is 0 Å². The van der Waals surface area contributed by atoms with Crippen molar-refractivity contribution >= 4 is 43.0 Å². The molecule has 22 heavy (non-hydrogen) atoms. The number of hydrogen-bond acceptors (Lipinski definition) is 6. The maximum Gasteiger partial charge on any atom is 0.243 e. The molecule has 0 fully saturated rings. The molecule has 1 atom stereocenters. The molecule has 6 N–H and O–H groups in total. The van der Waals surface area contributed by atoms with Crippen LogP contribution in [0.5, 0.6) is 0 Å². The van der Waals surface area contributed by atoms with Gasteiger partial charge in [-0.3, -0.25) is 14.4 Å². The van der Waals surface area contributed by atoms with Crippen LogP contribution in [0.3, 0.4) is 0 Å². The third-order valence-electron chi connectivity index (χ3n) is 2.50. The number of thiol groups is 2. The van der Waals surface area contributed by atoms with E-state index in [2.05, 4.69) is 41.6 Å². The highest BCUT2D eigenvalue weighted by molar-refractivity contribution is 7.80. The van der Waals surface area contributed by atoms with Crippen LogP contribution >= 0.6 is 25.3 Å². The molecule has 0 aromatic carbocycles. The van der Waals surface area contributed by atoms with Gasteiger partial charge in [-0.2, -0.15) is 25.3 Å². The van der Waals surface area contributed by atoms with Crippen molar-refractivity contribution in [2.45, 2.75) is 38.6 Å². The van der Waals surface area contributed by atoms with Gasteiger partial charge in [-0.25, -0.2) is 0 Å². The molecule has 0 rings (SSSR count). The van der Waals surface area contributed by atoms with E-state index in [-0.39, 0.29) is 30.0 Å². The number of carbonyl (C=O) groups is 3. The van der Waals surface area contributed by atoms with Crippen LogP contribution in [-0.4, -0.2) is 48.4 Å². The highest BCUT2D eigenvalue weighted by Crippen LogP contribution is 1.96. The summed E-state index contributed by atoms with van der Waals surface area (Å²) in [5.41, 5.74) is 9.81. The Kier molecular flexibility index (Phi) is 17.4. The van der Waals surface area contributed by atoms with E-state index < -0.39 is 6.04 Å². The fourth-order valence-electron chi connectivity index (χ4n) is 1.20. The molecule has 9 heteroatoms. The molecule has 0 aliphatic carbocycles. The van der Waals surface area contributed by atoms with Gasteiger partial charge in [0.25, 0.3) is 0 Å². The standard InChI is InChI=1S/C10H21N3O2S2.C3H7NO/c11-6-9(14)13-8(7-17)10(15)12-4-2-1-3-5-16;1-2-3(4)5/h8,16-17H,1-7,11H2,(H,12,15)(H,13,14);2H2,1H3,(H2,4,5). The fraction of sp³-hybridized carbons (Fsp3) is 0.769. The number of primary amides is 1. The molecule has 0 saturated heterocycles. The summed E-state index contributed by atoms with van der Waals surface area (Å²) in [6.45, 7) is 2.21. The zero-order chi connectivity index (χ0) is 17.4. The smallest absolute Gasteiger partial charge is 0.243 e. The Labute approximate surface area is 143 Å². The number of amides is 3.